The van der Waals surface area contributed by atoms with E-state index in [-0.39, 0.29) is 6.10 Å². The maximum absolute atomic E-state index is 8.98. The number of nitrogens with one attached hydrogen (secondary N) is 1. The first-order valence-electron chi connectivity index (χ1n) is 7.71. The molecule has 108 valence electrons. The number of fused-ring (bicyclic) bond motifs is 1. The van der Waals surface area contributed by atoms with E-state index in [1.807, 2.05) is 13.0 Å². The standard InChI is InChI=1S/C17H24N2O/c1-3-10-19-17-7-5-6-13-11-15(8-9-16(13)17)20-14(4-2)12-18/h8-9,11,14,17,19H,3-7,10H2,1-2H3. The molecule has 1 aliphatic rings. The summed E-state index contributed by atoms with van der Waals surface area (Å²) in [5.41, 5.74) is 2.78. The number of hydrogen-bond acceptors (Lipinski definition) is 3. The van der Waals surface area contributed by atoms with E-state index in [9.17, 15) is 0 Å². The summed E-state index contributed by atoms with van der Waals surface area (Å²) in [7, 11) is 0. The van der Waals surface area contributed by atoms with Crippen molar-refractivity contribution in [3.8, 4) is 11.8 Å². The third-order valence-corrected chi connectivity index (χ3v) is 3.86. The highest BCUT2D eigenvalue weighted by Gasteiger charge is 2.20. The Bertz CT molecular complexity index is 478. The number of benzene rings is 1. The smallest absolute Gasteiger partial charge is 0.184 e. The lowest BCUT2D eigenvalue weighted by Crippen LogP contribution is -2.25. The number of nitrogens with zero attached hydrogens (tertiary/aromatic N) is 1. The second kappa shape index (κ2) is 7.31. The number of rotatable bonds is 6. The molecular weight excluding hydrogens is 248 g/mol. The summed E-state index contributed by atoms with van der Waals surface area (Å²) in [6, 6.07) is 8.95. The van der Waals surface area contributed by atoms with Crippen LogP contribution in [0, 0.1) is 11.3 Å². The summed E-state index contributed by atoms with van der Waals surface area (Å²) in [5, 5.41) is 12.6. The van der Waals surface area contributed by atoms with E-state index in [4.69, 9.17) is 10.00 Å². The second-order valence-electron chi connectivity index (χ2n) is 5.40. The van der Waals surface area contributed by atoms with Gasteiger partial charge in [-0.25, -0.2) is 0 Å². The fourth-order valence-electron chi connectivity index (χ4n) is 2.76. The van der Waals surface area contributed by atoms with Crippen LogP contribution >= 0.6 is 0 Å². The molecule has 3 nitrogen and oxygen atoms in total. The molecule has 0 saturated heterocycles. The highest BCUT2D eigenvalue weighted by atomic mass is 16.5. The van der Waals surface area contributed by atoms with Gasteiger partial charge in [0.05, 0.1) is 0 Å². The molecule has 1 N–H and O–H groups in total. The monoisotopic (exact) mass is 272 g/mol. The molecule has 0 heterocycles. The van der Waals surface area contributed by atoms with Gasteiger partial charge in [0.1, 0.15) is 11.8 Å². The van der Waals surface area contributed by atoms with Crippen molar-refractivity contribution in [2.45, 2.75) is 58.1 Å². The molecular formula is C17H24N2O. The molecule has 0 fully saturated rings. The van der Waals surface area contributed by atoms with Gasteiger partial charge in [-0.15, -0.1) is 0 Å². The molecule has 2 unspecified atom stereocenters. The molecule has 0 saturated carbocycles. The molecule has 2 rings (SSSR count). The molecule has 1 aromatic carbocycles. The van der Waals surface area contributed by atoms with Crippen molar-refractivity contribution in [1.82, 2.24) is 5.32 Å². The Kier molecular flexibility index (Phi) is 5.43. The highest BCUT2D eigenvalue weighted by Crippen LogP contribution is 2.32. The molecule has 0 radical (unpaired) electrons. The summed E-state index contributed by atoms with van der Waals surface area (Å²) in [6.45, 7) is 5.23. The van der Waals surface area contributed by atoms with Gasteiger partial charge in [0, 0.05) is 6.04 Å². The van der Waals surface area contributed by atoms with Crippen molar-refractivity contribution in [3.05, 3.63) is 29.3 Å². The van der Waals surface area contributed by atoms with Crippen LogP contribution in [0.2, 0.25) is 0 Å². The Morgan fingerprint density at radius 2 is 2.30 bits per heavy atom. The van der Waals surface area contributed by atoms with E-state index in [0.29, 0.717) is 12.5 Å². The minimum Gasteiger partial charge on any atom is -0.476 e. The minimum absolute atomic E-state index is 0.342. The minimum atomic E-state index is -0.342. The van der Waals surface area contributed by atoms with E-state index >= 15 is 0 Å². The zero-order valence-corrected chi connectivity index (χ0v) is 12.5. The Labute approximate surface area is 121 Å². The van der Waals surface area contributed by atoms with Crippen LogP contribution in [-0.2, 0) is 6.42 Å². The molecule has 0 bridgehead atoms. The summed E-state index contributed by atoms with van der Waals surface area (Å²) < 4.78 is 5.71. The summed E-state index contributed by atoms with van der Waals surface area (Å²) in [6.07, 6.45) is 5.07. The fourth-order valence-corrected chi connectivity index (χ4v) is 2.76. The molecule has 2 atom stereocenters. The summed E-state index contributed by atoms with van der Waals surface area (Å²) in [4.78, 5) is 0. The lowest BCUT2D eigenvalue weighted by molar-refractivity contribution is 0.251. The van der Waals surface area contributed by atoms with Gasteiger partial charge in [-0.1, -0.05) is 19.9 Å². The fraction of sp³-hybridized carbons (Fsp3) is 0.588. The summed E-state index contributed by atoms with van der Waals surface area (Å²) in [5.74, 6) is 0.827. The first kappa shape index (κ1) is 14.9. The van der Waals surface area contributed by atoms with Gasteiger partial charge in [0.2, 0.25) is 0 Å². The van der Waals surface area contributed by atoms with Gasteiger partial charge >= 0.3 is 0 Å². The molecule has 0 aromatic heterocycles. The van der Waals surface area contributed by atoms with Crippen molar-refractivity contribution in [2.75, 3.05) is 6.54 Å². The average Bonchev–Trinajstić information content (AvgIpc) is 2.50. The predicted octanol–water partition coefficient (Wildman–Crippen LogP) is 3.74. The number of hydrogen-bond donors (Lipinski definition) is 1. The second-order valence-corrected chi connectivity index (χ2v) is 5.40. The quantitative estimate of drug-likeness (QED) is 0.858. The van der Waals surface area contributed by atoms with Crippen LogP contribution in [0.15, 0.2) is 18.2 Å². The Balaban J connectivity index is 2.12. The zero-order valence-electron chi connectivity index (χ0n) is 12.5. The highest BCUT2D eigenvalue weighted by molar-refractivity contribution is 5.39. The molecule has 0 amide bonds. The molecule has 1 aliphatic carbocycles. The molecule has 0 aliphatic heterocycles. The Morgan fingerprint density at radius 3 is 3.00 bits per heavy atom. The number of aryl methyl sites for hydroxylation is 1. The average molecular weight is 272 g/mol. The molecule has 3 heteroatoms. The zero-order chi connectivity index (χ0) is 14.4. The van der Waals surface area contributed by atoms with Gasteiger partial charge in [0.25, 0.3) is 0 Å². The van der Waals surface area contributed by atoms with E-state index in [0.717, 1.165) is 25.1 Å². The van der Waals surface area contributed by atoms with Crippen LogP contribution < -0.4 is 10.1 Å². The van der Waals surface area contributed by atoms with Crippen molar-refractivity contribution in [3.63, 3.8) is 0 Å². The van der Waals surface area contributed by atoms with Gasteiger partial charge < -0.3 is 10.1 Å². The Morgan fingerprint density at radius 1 is 1.45 bits per heavy atom. The Hall–Kier alpha value is -1.53. The maximum Gasteiger partial charge on any atom is 0.184 e. The lowest BCUT2D eigenvalue weighted by atomic mass is 9.87. The van der Waals surface area contributed by atoms with E-state index in [2.05, 4.69) is 30.4 Å². The van der Waals surface area contributed by atoms with Crippen LogP contribution in [-0.4, -0.2) is 12.6 Å². The van der Waals surface area contributed by atoms with Crippen molar-refractivity contribution < 1.29 is 4.74 Å². The third-order valence-electron chi connectivity index (χ3n) is 3.86. The van der Waals surface area contributed by atoms with Crippen LogP contribution in [0.1, 0.15) is 56.7 Å². The van der Waals surface area contributed by atoms with E-state index in [1.165, 1.54) is 24.0 Å². The number of ether oxygens (including phenoxy) is 1. The predicted molar refractivity (Wildman–Crippen MR) is 80.7 cm³/mol. The summed E-state index contributed by atoms with van der Waals surface area (Å²) >= 11 is 0. The first-order valence-corrected chi connectivity index (χ1v) is 7.71. The number of nitriles is 1. The molecule has 1 aromatic rings. The van der Waals surface area contributed by atoms with Crippen molar-refractivity contribution >= 4 is 0 Å². The third kappa shape index (κ3) is 3.52. The maximum atomic E-state index is 8.98. The van der Waals surface area contributed by atoms with Gasteiger partial charge in [0.15, 0.2) is 6.10 Å². The lowest BCUT2D eigenvalue weighted by Gasteiger charge is -2.27. The van der Waals surface area contributed by atoms with E-state index < -0.39 is 0 Å². The normalized spacial score (nSPS) is 18.9. The van der Waals surface area contributed by atoms with Crippen LogP contribution in [0.4, 0.5) is 0 Å². The largest absolute Gasteiger partial charge is 0.476 e. The van der Waals surface area contributed by atoms with E-state index in [1.54, 1.807) is 0 Å². The van der Waals surface area contributed by atoms with Crippen molar-refractivity contribution in [1.29, 1.82) is 5.26 Å². The molecule has 20 heavy (non-hydrogen) atoms. The SMILES string of the molecule is CCCNC1CCCc2cc(OC(C#N)CC)ccc21. The van der Waals surface area contributed by atoms with Gasteiger partial charge in [-0.3, -0.25) is 0 Å². The topological polar surface area (TPSA) is 45.0 Å². The first-order chi connectivity index (χ1) is 9.78. The molecule has 0 spiro atoms. The van der Waals surface area contributed by atoms with Crippen molar-refractivity contribution in [2.24, 2.45) is 0 Å². The van der Waals surface area contributed by atoms with Crippen LogP contribution in [0.25, 0.3) is 0 Å². The van der Waals surface area contributed by atoms with Crippen LogP contribution in [0.5, 0.6) is 5.75 Å². The van der Waals surface area contributed by atoms with Gasteiger partial charge in [-0.2, -0.15) is 5.26 Å². The van der Waals surface area contributed by atoms with Crippen LogP contribution in [0.3, 0.4) is 0 Å². The van der Waals surface area contributed by atoms with Gasteiger partial charge in [-0.05, 0) is 61.9 Å².